The second-order valence-electron chi connectivity index (χ2n) is 11.5. The zero-order valence-electron chi connectivity index (χ0n) is 24.9. The summed E-state index contributed by atoms with van der Waals surface area (Å²) in [6, 6.07) is 11.9. The molecule has 210 valence electrons. The van der Waals surface area contributed by atoms with E-state index in [4.69, 9.17) is 9.26 Å². The van der Waals surface area contributed by atoms with E-state index in [1.807, 2.05) is 52.8 Å². The summed E-state index contributed by atoms with van der Waals surface area (Å²) < 4.78 is 10.9. The number of anilines is 1. The average molecular weight is 535 g/mol. The SMILES string of the molecule is Cc1ccc([C@@H](C)CN(C)C(=O)Nc2ccc(-c3c(C)noc3C)c(CN(C)C(=O)OC(C)(C)C)c2)c(C)c1. The summed E-state index contributed by atoms with van der Waals surface area (Å²) in [5.74, 6) is 0.867. The van der Waals surface area contributed by atoms with E-state index in [0.717, 1.165) is 22.4 Å². The van der Waals surface area contributed by atoms with Gasteiger partial charge in [0.15, 0.2) is 0 Å². The fourth-order valence-electron chi connectivity index (χ4n) is 4.76. The zero-order valence-corrected chi connectivity index (χ0v) is 24.9. The minimum atomic E-state index is -0.607. The van der Waals surface area contributed by atoms with Crippen LogP contribution in [0.2, 0.25) is 0 Å². The monoisotopic (exact) mass is 534 g/mol. The molecule has 2 aromatic carbocycles. The van der Waals surface area contributed by atoms with Gasteiger partial charge in [0.25, 0.3) is 0 Å². The molecular formula is C31H42N4O4. The highest BCUT2D eigenvalue weighted by Crippen LogP contribution is 2.33. The number of carbonyl (C=O) groups is 2. The van der Waals surface area contributed by atoms with Gasteiger partial charge in [-0.25, -0.2) is 9.59 Å². The molecule has 0 unspecified atom stereocenters. The van der Waals surface area contributed by atoms with E-state index in [9.17, 15) is 9.59 Å². The number of hydrogen-bond acceptors (Lipinski definition) is 5. The van der Waals surface area contributed by atoms with Crippen LogP contribution in [0.1, 0.15) is 67.3 Å². The summed E-state index contributed by atoms with van der Waals surface area (Å²) >= 11 is 0. The normalized spacial score (nSPS) is 12.2. The van der Waals surface area contributed by atoms with Crippen molar-refractivity contribution in [3.63, 3.8) is 0 Å². The smallest absolute Gasteiger partial charge is 0.410 e. The van der Waals surface area contributed by atoms with E-state index < -0.39 is 11.7 Å². The minimum Gasteiger partial charge on any atom is -0.444 e. The summed E-state index contributed by atoms with van der Waals surface area (Å²) in [5, 5.41) is 7.12. The summed E-state index contributed by atoms with van der Waals surface area (Å²) in [6.07, 6.45) is -0.429. The zero-order chi connectivity index (χ0) is 29.1. The number of benzene rings is 2. The molecule has 3 aromatic rings. The molecule has 1 heterocycles. The molecule has 1 aromatic heterocycles. The van der Waals surface area contributed by atoms with Gasteiger partial charge in [-0.2, -0.15) is 0 Å². The molecule has 0 aliphatic rings. The Kier molecular flexibility index (Phi) is 9.10. The first-order chi connectivity index (χ1) is 18.2. The predicted molar refractivity (Wildman–Crippen MR) is 155 cm³/mol. The quantitative estimate of drug-likeness (QED) is 0.346. The molecule has 0 aliphatic heterocycles. The van der Waals surface area contributed by atoms with Gasteiger partial charge in [-0.1, -0.05) is 41.9 Å². The van der Waals surface area contributed by atoms with Crippen LogP contribution < -0.4 is 5.32 Å². The van der Waals surface area contributed by atoms with Gasteiger partial charge < -0.3 is 24.4 Å². The number of carbonyl (C=O) groups excluding carboxylic acids is 2. The van der Waals surface area contributed by atoms with Gasteiger partial charge in [0.2, 0.25) is 0 Å². The van der Waals surface area contributed by atoms with Crippen molar-refractivity contribution in [1.29, 1.82) is 0 Å². The van der Waals surface area contributed by atoms with Gasteiger partial charge in [-0.15, -0.1) is 0 Å². The molecule has 3 rings (SSSR count). The number of aromatic nitrogens is 1. The Balaban J connectivity index is 1.83. The number of nitrogens with zero attached hydrogens (tertiary/aromatic N) is 3. The van der Waals surface area contributed by atoms with E-state index in [1.54, 1.807) is 19.0 Å². The lowest BCUT2D eigenvalue weighted by atomic mass is 9.94. The number of ether oxygens (including phenoxy) is 1. The van der Waals surface area contributed by atoms with Crippen LogP contribution in [-0.4, -0.2) is 53.3 Å². The number of amides is 3. The van der Waals surface area contributed by atoms with Crippen molar-refractivity contribution in [2.24, 2.45) is 0 Å². The van der Waals surface area contributed by atoms with Crippen LogP contribution in [0.25, 0.3) is 11.1 Å². The second-order valence-corrected chi connectivity index (χ2v) is 11.5. The highest BCUT2D eigenvalue weighted by atomic mass is 16.6. The van der Waals surface area contributed by atoms with Crippen LogP contribution in [-0.2, 0) is 11.3 Å². The molecule has 0 saturated carbocycles. The molecule has 3 amide bonds. The molecule has 0 spiro atoms. The van der Waals surface area contributed by atoms with Gasteiger partial charge >= 0.3 is 12.1 Å². The van der Waals surface area contributed by atoms with Crippen LogP contribution >= 0.6 is 0 Å². The van der Waals surface area contributed by atoms with Gasteiger partial charge in [-0.3, -0.25) is 0 Å². The maximum atomic E-state index is 13.1. The average Bonchev–Trinajstić information content (AvgIpc) is 3.15. The van der Waals surface area contributed by atoms with E-state index in [2.05, 4.69) is 49.4 Å². The van der Waals surface area contributed by atoms with Crippen LogP contribution in [0.4, 0.5) is 15.3 Å². The number of rotatable bonds is 7. The third kappa shape index (κ3) is 7.62. The number of hydrogen-bond donors (Lipinski definition) is 1. The first-order valence-corrected chi connectivity index (χ1v) is 13.3. The maximum Gasteiger partial charge on any atom is 0.410 e. The lowest BCUT2D eigenvalue weighted by Gasteiger charge is -2.26. The molecule has 1 atom stereocenters. The van der Waals surface area contributed by atoms with E-state index in [-0.39, 0.29) is 18.5 Å². The third-order valence-electron chi connectivity index (χ3n) is 6.62. The van der Waals surface area contributed by atoms with E-state index >= 15 is 0 Å². The number of likely N-dealkylation sites (N-methyl/N-ethyl adjacent to an activating group) is 1. The minimum absolute atomic E-state index is 0.182. The lowest BCUT2D eigenvalue weighted by molar-refractivity contribution is 0.0285. The Hall–Kier alpha value is -3.81. The Bertz CT molecular complexity index is 1320. The van der Waals surface area contributed by atoms with Crippen LogP contribution in [0.15, 0.2) is 40.9 Å². The Labute approximate surface area is 232 Å². The number of nitrogens with one attached hydrogen (secondary N) is 1. The summed E-state index contributed by atoms with van der Waals surface area (Å²) in [7, 11) is 3.49. The molecule has 0 bridgehead atoms. The summed E-state index contributed by atoms with van der Waals surface area (Å²) in [5.41, 5.74) is 7.06. The lowest BCUT2D eigenvalue weighted by Crippen LogP contribution is -2.34. The molecule has 8 heteroatoms. The van der Waals surface area contributed by atoms with E-state index in [1.165, 1.54) is 21.6 Å². The number of aryl methyl sites for hydroxylation is 4. The van der Waals surface area contributed by atoms with Crippen molar-refractivity contribution >= 4 is 17.8 Å². The Morgan fingerprint density at radius 1 is 1.03 bits per heavy atom. The van der Waals surface area contributed by atoms with Gasteiger partial charge in [-0.05, 0) is 88.8 Å². The fourth-order valence-corrected chi connectivity index (χ4v) is 4.76. The molecule has 0 saturated heterocycles. The van der Waals surface area contributed by atoms with Crippen molar-refractivity contribution in [2.75, 3.05) is 26.0 Å². The summed E-state index contributed by atoms with van der Waals surface area (Å²) in [6.45, 7) is 16.4. The Morgan fingerprint density at radius 3 is 2.31 bits per heavy atom. The largest absolute Gasteiger partial charge is 0.444 e. The topological polar surface area (TPSA) is 87.9 Å². The molecule has 1 N–H and O–H groups in total. The van der Waals surface area contributed by atoms with Crippen molar-refractivity contribution in [2.45, 2.75) is 73.5 Å². The predicted octanol–water partition coefficient (Wildman–Crippen LogP) is 7.21. The first-order valence-electron chi connectivity index (χ1n) is 13.3. The molecule has 39 heavy (non-hydrogen) atoms. The van der Waals surface area contributed by atoms with Crippen molar-refractivity contribution in [3.8, 4) is 11.1 Å². The van der Waals surface area contributed by atoms with Crippen molar-refractivity contribution < 1.29 is 18.8 Å². The second kappa shape index (κ2) is 11.9. The van der Waals surface area contributed by atoms with Gasteiger partial charge in [0.1, 0.15) is 11.4 Å². The molecule has 0 fully saturated rings. The maximum absolute atomic E-state index is 13.1. The van der Waals surface area contributed by atoms with Crippen LogP contribution in [0.5, 0.6) is 0 Å². The molecule has 8 nitrogen and oxygen atoms in total. The fraction of sp³-hybridized carbons (Fsp3) is 0.452. The highest BCUT2D eigenvalue weighted by molar-refractivity contribution is 5.90. The third-order valence-corrected chi connectivity index (χ3v) is 6.62. The first kappa shape index (κ1) is 29.7. The van der Waals surface area contributed by atoms with Crippen molar-refractivity contribution in [1.82, 2.24) is 15.0 Å². The molecular weight excluding hydrogens is 492 g/mol. The molecule has 0 aliphatic carbocycles. The Morgan fingerprint density at radius 2 is 1.72 bits per heavy atom. The molecule has 0 radical (unpaired) electrons. The standard InChI is InChI=1S/C31H42N4O4/c1-19-11-13-26(20(2)15-19)21(3)17-34(9)29(36)32-25-12-14-27(28-22(4)33-39-23(28)5)24(16-25)18-35(10)30(37)38-31(6,7)8/h11-16,21H,17-18H2,1-10H3,(H,32,36)/t21-/m0/s1. The van der Waals surface area contributed by atoms with Gasteiger partial charge in [0.05, 0.1) is 5.69 Å². The van der Waals surface area contributed by atoms with Crippen LogP contribution in [0.3, 0.4) is 0 Å². The van der Waals surface area contributed by atoms with Gasteiger partial charge in [0, 0.05) is 38.4 Å². The van der Waals surface area contributed by atoms with Crippen molar-refractivity contribution in [3.05, 3.63) is 70.1 Å². The van der Waals surface area contributed by atoms with E-state index in [0.29, 0.717) is 18.0 Å². The number of urea groups is 1. The highest BCUT2D eigenvalue weighted by Gasteiger charge is 2.23. The van der Waals surface area contributed by atoms with Crippen LogP contribution in [0, 0.1) is 27.7 Å². The summed E-state index contributed by atoms with van der Waals surface area (Å²) in [4.78, 5) is 29.1.